The zero-order chi connectivity index (χ0) is 18.1. The number of ether oxygens (including phenoxy) is 1. The van der Waals surface area contributed by atoms with Crippen LogP contribution in [0.15, 0.2) is 30.3 Å². The minimum atomic E-state index is -1.49. The fraction of sp³-hybridized carbons (Fsp3) is 0.667. The van der Waals surface area contributed by atoms with E-state index in [0.717, 1.165) is 25.7 Å². The number of carbonyl (C=O) groups is 1. The molecule has 0 radical (unpaired) electrons. The molecule has 2 aliphatic rings. The lowest BCUT2D eigenvalue weighted by atomic mass is 9.80. The zero-order valence-corrected chi connectivity index (χ0v) is 16.9. The Labute approximate surface area is 164 Å². The first-order chi connectivity index (χ1) is 12.0. The van der Waals surface area contributed by atoms with Crippen molar-refractivity contribution in [3.8, 4) is 0 Å². The van der Waals surface area contributed by atoms with Crippen molar-refractivity contribution in [2.24, 2.45) is 11.8 Å². The van der Waals surface area contributed by atoms with Crippen molar-refractivity contribution in [2.75, 3.05) is 19.7 Å². The lowest BCUT2D eigenvalue weighted by Gasteiger charge is -2.32. The van der Waals surface area contributed by atoms with E-state index in [0.29, 0.717) is 12.2 Å². The van der Waals surface area contributed by atoms with Gasteiger partial charge in [0.15, 0.2) is 5.60 Å². The quantitative estimate of drug-likeness (QED) is 0.753. The normalized spacial score (nSPS) is 19.2. The van der Waals surface area contributed by atoms with Crippen molar-refractivity contribution in [2.45, 2.75) is 58.0 Å². The molecule has 1 aromatic carbocycles. The van der Waals surface area contributed by atoms with Crippen LogP contribution >= 0.6 is 12.4 Å². The van der Waals surface area contributed by atoms with Crippen molar-refractivity contribution >= 4 is 18.4 Å². The number of hydrogen-bond acceptors (Lipinski definition) is 4. The number of esters is 1. The van der Waals surface area contributed by atoms with E-state index in [1.54, 1.807) is 0 Å². The van der Waals surface area contributed by atoms with E-state index in [1.807, 2.05) is 44.2 Å². The molecule has 1 unspecified atom stereocenters. The van der Waals surface area contributed by atoms with Gasteiger partial charge in [0.25, 0.3) is 0 Å². The van der Waals surface area contributed by atoms with E-state index >= 15 is 0 Å². The molecule has 26 heavy (non-hydrogen) atoms. The molecule has 5 heteroatoms. The topological polar surface area (TPSA) is 58.6 Å². The average molecular weight is 384 g/mol. The molecule has 0 bridgehead atoms. The van der Waals surface area contributed by atoms with Crippen molar-refractivity contribution in [1.29, 1.82) is 0 Å². The SMILES string of the molecule is C1CCNC1.CC(C)COC(=O)C(O)(c1ccccc1)C1CCCC1.Cl. The van der Waals surface area contributed by atoms with Gasteiger partial charge in [-0.25, -0.2) is 4.79 Å². The van der Waals surface area contributed by atoms with Gasteiger partial charge in [-0.2, -0.15) is 0 Å². The van der Waals surface area contributed by atoms with Crippen molar-refractivity contribution in [3.63, 3.8) is 0 Å². The Balaban J connectivity index is 0.000000486. The van der Waals surface area contributed by atoms with Crippen LogP contribution in [-0.2, 0) is 15.1 Å². The molecule has 4 nitrogen and oxygen atoms in total. The summed E-state index contributed by atoms with van der Waals surface area (Å²) in [5, 5.41) is 14.3. The molecule has 1 saturated carbocycles. The average Bonchev–Trinajstić information content (AvgIpc) is 3.35. The van der Waals surface area contributed by atoms with E-state index in [2.05, 4.69) is 5.32 Å². The molecular weight excluding hydrogens is 350 g/mol. The summed E-state index contributed by atoms with van der Waals surface area (Å²) in [6.07, 6.45) is 6.67. The summed E-state index contributed by atoms with van der Waals surface area (Å²) in [7, 11) is 0. The Morgan fingerprint density at radius 3 is 2.19 bits per heavy atom. The zero-order valence-electron chi connectivity index (χ0n) is 16.1. The Hall–Kier alpha value is -1.10. The molecule has 1 saturated heterocycles. The summed E-state index contributed by atoms with van der Waals surface area (Å²) in [5.74, 6) is -0.267. The van der Waals surface area contributed by atoms with E-state index in [1.165, 1.54) is 25.9 Å². The molecule has 1 aliphatic carbocycles. The van der Waals surface area contributed by atoms with E-state index in [4.69, 9.17) is 4.74 Å². The molecule has 148 valence electrons. The molecule has 0 amide bonds. The Morgan fingerprint density at radius 1 is 1.15 bits per heavy atom. The first-order valence-corrected chi connectivity index (χ1v) is 9.71. The van der Waals surface area contributed by atoms with Crippen LogP contribution in [0, 0.1) is 11.8 Å². The maximum Gasteiger partial charge on any atom is 0.343 e. The lowest BCUT2D eigenvalue weighted by molar-refractivity contribution is -0.174. The van der Waals surface area contributed by atoms with Crippen LogP contribution in [0.3, 0.4) is 0 Å². The maximum atomic E-state index is 12.5. The second kappa shape index (κ2) is 11.6. The predicted molar refractivity (Wildman–Crippen MR) is 107 cm³/mol. The largest absolute Gasteiger partial charge is 0.463 e. The summed E-state index contributed by atoms with van der Waals surface area (Å²) in [6.45, 7) is 6.83. The van der Waals surface area contributed by atoms with Gasteiger partial charge in [0.1, 0.15) is 0 Å². The van der Waals surface area contributed by atoms with E-state index < -0.39 is 11.6 Å². The molecule has 2 N–H and O–H groups in total. The Morgan fingerprint density at radius 2 is 1.73 bits per heavy atom. The number of rotatable bonds is 5. The molecule has 0 spiro atoms. The summed E-state index contributed by atoms with van der Waals surface area (Å²) in [4.78, 5) is 12.5. The third-order valence-corrected chi connectivity index (χ3v) is 4.98. The molecule has 1 aliphatic heterocycles. The smallest absolute Gasteiger partial charge is 0.343 e. The number of carbonyl (C=O) groups excluding carboxylic acids is 1. The van der Waals surface area contributed by atoms with Crippen molar-refractivity contribution in [3.05, 3.63) is 35.9 Å². The third kappa shape index (κ3) is 6.26. The molecule has 1 aromatic rings. The minimum Gasteiger partial charge on any atom is -0.463 e. The summed E-state index contributed by atoms with van der Waals surface area (Å²) in [6, 6.07) is 9.22. The highest BCUT2D eigenvalue weighted by Crippen LogP contribution is 2.41. The fourth-order valence-corrected chi connectivity index (χ4v) is 3.53. The third-order valence-electron chi connectivity index (χ3n) is 4.98. The highest BCUT2D eigenvalue weighted by molar-refractivity contribution is 5.85. The molecule has 3 rings (SSSR count). The highest BCUT2D eigenvalue weighted by atomic mass is 35.5. The van der Waals surface area contributed by atoms with Gasteiger partial charge in [-0.3, -0.25) is 0 Å². The van der Waals surface area contributed by atoms with Gasteiger partial charge >= 0.3 is 5.97 Å². The fourth-order valence-electron chi connectivity index (χ4n) is 3.53. The summed E-state index contributed by atoms with van der Waals surface area (Å²) in [5.41, 5.74) is -0.840. The van der Waals surface area contributed by atoms with Gasteiger partial charge in [-0.1, -0.05) is 57.0 Å². The number of benzene rings is 1. The van der Waals surface area contributed by atoms with Gasteiger partial charge in [0.05, 0.1) is 6.61 Å². The van der Waals surface area contributed by atoms with Crippen LogP contribution in [0.2, 0.25) is 0 Å². The second-order valence-corrected chi connectivity index (χ2v) is 7.56. The molecular formula is C21H34ClNO3. The van der Waals surface area contributed by atoms with Crippen LogP contribution in [0.5, 0.6) is 0 Å². The molecule has 1 heterocycles. The van der Waals surface area contributed by atoms with Gasteiger partial charge in [-0.15, -0.1) is 12.4 Å². The lowest BCUT2D eigenvalue weighted by Crippen LogP contribution is -2.43. The van der Waals surface area contributed by atoms with Crippen molar-refractivity contribution in [1.82, 2.24) is 5.32 Å². The van der Waals surface area contributed by atoms with E-state index in [9.17, 15) is 9.90 Å². The predicted octanol–water partition coefficient (Wildman–Crippen LogP) is 4.06. The number of halogens is 1. The molecule has 1 atom stereocenters. The monoisotopic (exact) mass is 383 g/mol. The van der Waals surface area contributed by atoms with Gasteiger partial charge < -0.3 is 15.2 Å². The van der Waals surface area contributed by atoms with E-state index in [-0.39, 0.29) is 24.2 Å². The first kappa shape index (κ1) is 22.9. The molecule has 0 aromatic heterocycles. The Bertz CT molecular complexity index is 506. The number of hydrogen-bond donors (Lipinski definition) is 2. The van der Waals surface area contributed by atoms with Crippen molar-refractivity contribution < 1.29 is 14.6 Å². The molecule has 2 fully saturated rings. The van der Waals surface area contributed by atoms with Gasteiger partial charge in [0.2, 0.25) is 0 Å². The van der Waals surface area contributed by atoms with Crippen LogP contribution < -0.4 is 5.32 Å². The van der Waals surface area contributed by atoms with Crippen LogP contribution in [-0.4, -0.2) is 30.8 Å². The van der Waals surface area contributed by atoms with Gasteiger partial charge in [0, 0.05) is 5.92 Å². The van der Waals surface area contributed by atoms with Crippen LogP contribution in [0.25, 0.3) is 0 Å². The summed E-state index contributed by atoms with van der Waals surface area (Å²) >= 11 is 0. The maximum absolute atomic E-state index is 12.5. The first-order valence-electron chi connectivity index (χ1n) is 9.71. The summed E-state index contributed by atoms with van der Waals surface area (Å²) < 4.78 is 5.35. The Kier molecular flexibility index (Phi) is 10.2. The number of aliphatic hydroxyl groups is 1. The number of nitrogens with one attached hydrogen (secondary N) is 1. The minimum absolute atomic E-state index is 0. The van der Waals surface area contributed by atoms with Gasteiger partial charge in [-0.05, 0) is 50.3 Å². The highest BCUT2D eigenvalue weighted by Gasteiger charge is 2.47. The standard InChI is InChI=1S/C17H24O3.C4H9N.ClH/c1-13(2)12-20-16(18)17(19,15-10-6-7-11-15)14-8-4-3-5-9-14;1-2-4-5-3-1;/h3-5,8-9,13,15,19H,6-7,10-12H2,1-2H3;5H,1-4H2;1H. The van der Waals surface area contributed by atoms with Crippen LogP contribution in [0.1, 0.15) is 57.9 Å². The second-order valence-electron chi connectivity index (χ2n) is 7.56. The van der Waals surface area contributed by atoms with Crippen LogP contribution in [0.4, 0.5) is 0 Å².